The lowest BCUT2D eigenvalue weighted by Crippen LogP contribution is -2.57. The van der Waals surface area contributed by atoms with Crippen molar-refractivity contribution < 1.29 is 14.7 Å². The minimum Gasteiger partial charge on any atom is -0.375 e. The van der Waals surface area contributed by atoms with Gasteiger partial charge in [0.25, 0.3) is 11.8 Å². The second-order valence-electron chi connectivity index (χ2n) is 13.2. The molecule has 2 aliphatic heterocycles. The molecule has 4 aromatic rings. The van der Waals surface area contributed by atoms with Gasteiger partial charge in [0.2, 0.25) is 0 Å². The van der Waals surface area contributed by atoms with Crippen LogP contribution in [-0.2, 0) is 10.4 Å². The van der Waals surface area contributed by atoms with Gasteiger partial charge in [0.05, 0.1) is 33.8 Å². The van der Waals surface area contributed by atoms with Crippen LogP contribution in [-0.4, -0.2) is 68.6 Å². The molecule has 0 bridgehead atoms. The highest BCUT2D eigenvalue weighted by Gasteiger charge is 2.51. The number of anilines is 3. The van der Waals surface area contributed by atoms with Crippen molar-refractivity contribution in [1.82, 2.24) is 24.8 Å². The number of imidazole rings is 1. The van der Waals surface area contributed by atoms with Crippen molar-refractivity contribution in [3.05, 3.63) is 64.9 Å². The highest BCUT2D eigenvalue weighted by atomic mass is 35.5. The molecule has 2 fully saturated rings. The minimum atomic E-state index is -1.58. The number of nitrogens with zero attached hydrogens (tertiary/aromatic N) is 5. The summed E-state index contributed by atoms with van der Waals surface area (Å²) < 4.78 is 2.06. The minimum absolute atomic E-state index is 0.0521. The number of fused-ring (bicyclic) bond motifs is 2. The number of benzene rings is 2. The van der Waals surface area contributed by atoms with Crippen molar-refractivity contribution in [2.45, 2.75) is 76.6 Å². The van der Waals surface area contributed by atoms with Gasteiger partial charge in [0.1, 0.15) is 5.52 Å². The molecule has 3 aliphatic rings. The fourth-order valence-corrected chi connectivity index (χ4v) is 7.41. The van der Waals surface area contributed by atoms with Crippen molar-refractivity contribution in [3.8, 4) is 11.3 Å². The number of hydrogen-bond acceptors (Lipinski definition) is 7. The van der Waals surface area contributed by atoms with Crippen molar-refractivity contribution in [1.29, 1.82) is 0 Å². The van der Waals surface area contributed by atoms with Crippen LogP contribution in [0, 0.1) is 0 Å². The van der Waals surface area contributed by atoms with Gasteiger partial charge in [-0.05, 0) is 89.9 Å². The van der Waals surface area contributed by atoms with Gasteiger partial charge in [-0.25, -0.2) is 9.97 Å². The van der Waals surface area contributed by atoms with E-state index in [-0.39, 0.29) is 23.9 Å². The molecule has 4 heterocycles. The highest BCUT2D eigenvalue weighted by Crippen LogP contribution is 2.47. The second kappa shape index (κ2) is 11.7. The molecule has 3 N–H and O–H groups in total. The van der Waals surface area contributed by atoms with Crippen LogP contribution in [0.5, 0.6) is 0 Å². The quantitative estimate of drug-likeness (QED) is 0.226. The van der Waals surface area contributed by atoms with Gasteiger partial charge in [-0.1, -0.05) is 30.2 Å². The third-order valence-electron chi connectivity index (χ3n) is 9.88. The van der Waals surface area contributed by atoms with E-state index in [1.807, 2.05) is 35.2 Å². The molecule has 10 nitrogen and oxygen atoms in total. The Hall–Kier alpha value is -3.99. The maximum atomic E-state index is 13.7. The van der Waals surface area contributed by atoms with Gasteiger partial charge in [-0.3, -0.25) is 9.59 Å². The molecule has 2 aromatic heterocycles. The summed E-state index contributed by atoms with van der Waals surface area (Å²) in [4.78, 5) is 40.3. The van der Waals surface area contributed by atoms with Crippen LogP contribution in [0.2, 0.25) is 5.02 Å². The van der Waals surface area contributed by atoms with Gasteiger partial charge in [0, 0.05) is 42.0 Å². The molecule has 11 heteroatoms. The van der Waals surface area contributed by atoms with Crippen molar-refractivity contribution in [3.63, 3.8) is 0 Å². The number of pyridine rings is 1. The first kappa shape index (κ1) is 30.7. The van der Waals surface area contributed by atoms with Crippen LogP contribution in [0.25, 0.3) is 22.3 Å². The van der Waals surface area contributed by atoms with Gasteiger partial charge in [-0.15, -0.1) is 0 Å². The fourth-order valence-electron chi connectivity index (χ4n) is 7.21. The molecule has 1 atom stereocenters. The summed E-state index contributed by atoms with van der Waals surface area (Å²) >= 11 is 6.33. The lowest BCUT2D eigenvalue weighted by atomic mass is 9.83. The summed E-state index contributed by atoms with van der Waals surface area (Å²) in [6.45, 7) is 8.02. The Kier molecular flexibility index (Phi) is 7.77. The molecule has 7 rings (SSSR count). The predicted octanol–water partition coefficient (Wildman–Crippen LogP) is 6.01. The number of aliphatic hydroxyl groups is 1. The zero-order valence-corrected chi connectivity index (χ0v) is 27.4. The lowest BCUT2D eigenvalue weighted by Gasteiger charge is -2.47. The Balaban J connectivity index is 1.26. The number of likely N-dealkylation sites (tertiary alicyclic amines) is 1. The van der Waals surface area contributed by atoms with Crippen LogP contribution in [0.4, 0.5) is 17.2 Å². The first-order valence-electron chi connectivity index (χ1n) is 16.2. The number of hydrogen-bond donors (Lipinski definition) is 3. The fraction of sp³-hybridized carbons (Fsp3) is 0.429. The largest absolute Gasteiger partial charge is 0.375 e. The van der Waals surface area contributed by atoms with Crippen LogP contribution in [0.15, 0.2) is 48.8 Å². The summed E-state index contributed by atoms with van der Waals surface area (Å²) in [6, 6.07) is 13.5. The second-order valence-corrected chi connectivity index (χ2v) is 13.6. The van der Waals surface area contributed by atoms with Gasteiger partial charge in [-0.2, -0.15) is 0 Å². The maximum absolute atomic E-state index is 13.7. The number of piperidine rings is 1. The average molecular weight is 642 g/mol. The third-order valence-corrected chi connectivity index (χ3v) is 10.2. The first-order valence-corrected chi connectivity index (χ1v) is 16.6. The smallest absolute Gasteiger partial charge is 0.263 e. The maximum Gasteiger partial charge on any atom is 0.263 e. The van der Waals surface area contributed by atoms with E-state index in [1.54, 1.807) is 32.4 Å². The molecule has 1 aliphatic carbocycles. The molecule has 0 radical (unpaired) electrons. The van der Waals surface area contributed by atoms with Gasteiger partial charge >= 0.3 is 0 Å². The van der Waals surface area contributed by atoms with E-state index in [1.165, 1.54) is 19.3 Å². The highest BCUT2D eigenvalue weighted by molar-refractivity contribution is 6.34. The molecule has 46 heavy (non-hydrogen) atoms. The van der Waals surface area contributed by atoms with E-state index < -0.39 is 5.60 Å². The Morgan fingerprint density at radius 3 is 2.54 bits per heavy atom. The lowest BCUT2D eigenvalue weighted by molar-refractivity contribution is -0.135. The van der Waals surface area contributed by atoms with Crippen LogP contribution >= 0.6 is 11.6 Å². The Labute approximate surface area is 273 Å². The number of carbonyl (C=O) groups is 2. The Morgan fingerprint density at radius 1 is 1.07 bits per heavy atom. The van der Waals surface area contributed by atoms with E-state index in [9.17, 15) is 14.7 Å². The molecule has 0 spiro atoms. The number of nitrogens with one attached hydrogen (secondary N) is 2. The van der Waals surface area contributed by atoms with Gasteiger partial charge < -0.3 is 30.1 Å². The molecule has 2 amide bonds. The third kappa shape index (κ3) is 5.12. The monoisotopic (exact) mass is 641 g/mol. The van der Waals surface area contributed by atoms with Crippen molar-refractivity contribution in [2.75, 3.05) is 30.4 Å². The number of carbonyl (C=O) groups excluding carboxylic acids is 2. The molecule has 2 aromatic carbocycles. The van der Waals surface area contributed by atoms with Crippen molar-refractivity contribution in [2.24, 2.45) is 0 Å². The SMILES string of the molecule is CNC(=O)c1cc(Nc2nc(-c3ccc4c(c3)N([C@H]3C[C@@H](N5CCCCC5)C3)C(=O)C4(C)O)cc3ncn(C(C)C)c23)ccc1Cl. The summed E-state index contributed by atoms with van der Waals surface area (Å²) in [7, 11) is 1.57. The topological polar surface area (TPSA) is 116 Å². The zero-order chi connectivity index (χ0) is 32.3. The summed E-state index contributed by atoms with van der Waals surface area (Å²) in [5, 5.41) is 17.8. The van der Waals surface area contributed by atoms with Crippen LogP contribution in [0.3, 0.4) is 0 Å². The molecule has 1 unspecified atom stereocenters. The molecular formula is C35H40ClN7O3. The van der Waals surface area contributed by atoms with E-state index in [0.29, 0.717) is 39.4 Å². The number of rotatable bonds is 7. The summed E-state index contributed by atoms with van der Waals surface area (Å²) in [5.74, 6) is 0.0279. The molecule has 1 saturated carbocycles. The molecular weight excluding hydrogens is 602 g/mol. The van der Waals surface area contributed by atoms with Crippen LogP contribution in [0.1, 0.15) is 74.8 Å². The van der Waals surface area contributed by atoms with Gasteiger partial charge in [0.15, 0.2) is 11.4 Å². The zero-order valence-electron chi connectivity index (χ0n) is 26.7. The number of halogens is 1. The summed E-state index contributed by atoms with van der Waals surface area (Å²) in [5.41, 5.74) is 3.86. The van der Waals surface area contributed by atoms with E-state index in [0.717, 1.165) is 48.2 Å². The predicted molar refractivity (Wildman–Crippen MR) is 181 cm³/mol. The Morgan fingerprint density at radius 2 is 1.83 bits per heavy atom. The average Bonchev–Trinajstić information content (AvgIpc) is 3.55. The van der Waals surface area contributed by atoms with Crippen molar-refractivity contribution >= 4 is 51.6 Å². The Bertz CT molecular complexity index is 1840. The normalized spacial score (nSPS) is 23.1. The molecule has 240 valence electrons. The summed E-state index contributed by atoms with van der Waals surface area (Å²) in [6.07, 6.45) is 7.40. The first-order chi connectivity index (χ1) is 22.1. The number of amides is 2. The van der Waals surface area contributed by atoms with E-state index >= 15 is 0 Å². The van der Waals surface area contributed by atoms with E-state index in [2.05, 4.69) is 33.9 Å². The van der Waals surface area contributed by atoms with Crippen LogP contribution < -0.4 is 15.5 Å². The number of aromatic nitrogens is 3. The standard InChI is InChI=1S/C35H40ClN7O3/c1-20(2)42-19-38-29-18-28(40-32(31(29)42)39-22-9-11-27(36)25(15-22)33(44)37-4)21-8-10-26-30(14-21)43(34(45)35(26,3)46)24-16-23(17-24)41-12-6-5-7-13-41/h8-11,14-15,18-20,23-24,46H,5-7,12-13,16-17H2,1-4H3,(H,37,44)(H,39,40)/t23-,24+,35?. The molecule has 1 saturated heterocycles. The van der Waals surface area contributed by atoms with E-state index in [4.69, 9.17) is 21.6 Å².